The molecule has 1 aromatic heterocycles. The number of anilines is 3. The summed E-state index contributed by atoms with van der Waals surface area (Å²) in [5.41, 5.74) is 2.41. The smallest absolute Gasteiger partial charge is 0.412 e. The number of nitrogens with zero attached hydrogens (tertiary/aromatic N) is 2. The van der Waals surface area contributed by atoms with Crippen LogP contribution in [0.15, 0.2) is 42.7 Å². The molecule has 0 unspecified atom stereocenters. The van der Waals surface area contributed by atoms with Crippen molar-refractivity contribution in [1.82, 2.24) is 4.98 Å². The summed E-state index contributed by atoms with van der Waals surface area (Å²) in [4.78, 5) is 29.9. The number of benzene rings is 1. The number of rotatable bonds is 2. The maximum atomic E-state index is 12.3. The largest absolute Gasteiger partial charge is 0.444 e. The first kappa shape index (κ1) is 16.0. The standard InChI is InChI=1S/C18H19N3O3/c1-18(2,3)24-17(23)20-13-5-4-6-14(10-13)21-15-7-8-19-11-12(15)9-16(21)22/h4-8,10-11H,9H2,1-3H3,(H,20,23). The number of nitrogens with one attached hydrogen (secondary N) is 1. The van der Waals surface area contributed by atoms with Gasteiger partial charge in [-0.1, -0.05) is 6.07 Å². The van der Waals surface area contributed by atoms with E-state index in [-0.39, 0.29) is 5.91 Å². The third-order valence-corrected chi connectivity index (χ3v) is 3.46. The molecule has 2 aromatic rings. The van der Waals surface area contributed by atoms with Crippen LogP contribution in [-0.2, 0) is 16.0 Å². The molecule has 2 heterocycles. The molecule has 24 heavy (non-hydrogen) atoms. The molecule has 1 aliphatic heterocycles. The third-order valence-electron chi connectivity index (χ3n) is 3.46. The van der Waals surface area contributed by atoms with Crippen LogP contribution in [0.3, 0.4) is 0 Å². The van der Waals surface area contributed by atoms with Gasteiger partial charge in [-0.05, 0) is 45.0 Å². The summed E-state index contributed by atoms with van der Waals surface area (Å²) < 4.78 is 5.25. The van der Waals surface area contributed by atoms with Gasteiger partial charge < -0.3 is 4.74 Å². The Morgan fingerprint density at radius 1 is 1.29 bits per heavy atom. The normalized spacial score (nSPS) is 13.6. The lowest BCUT2D eigenvalue weighted by atomic mass is 10.2. The Balaban J connectivity index is 1.84. The zero-order valence-corrected chi connectivity index (χ0v) is 13.9. The first-order valence-corrected chi connectivity index (χ1v) is 7.69. The Labute approximate surface area is 140 Å². The summed E-state index contributed by atoms with van der Waals surface area (Å²) in [6, 6.07) is 8.93. The zero-order chi connectivity index (χ0) is 17.3. The monoisotopic (exact) mass is 325 g/mol. The Kier molecular flexibility index (Phi) is 3.97. The number of carbonyl (C=O) groups excluding carboxylic acids is 2. The minimum absolute atomic E-state index is 0.0209. The molecule has 2 amide bonds. The average molecular weight is 325 g/mol. The molecule has 1 N–H and O–H groups in total. The number of amides is 2. The molecule has 0 saturated carbocycles. The van der Waals surface area contributed by atoms with Crippen molar-refractivity contribution in [1.29, 1.82) is 0 Å². The van der Waals surface area contributed by atoms with E-state index in [0.717, 1.165) is 11.3 Å². The highest BCUT2D eigenvalue weighted by Crippen LogP contribution is 2.35. The SMILES string of the molecule is CC(C)(C)OC(=O)Nc1cccc(N2C(=O)Cc3cnccc32)c1. The molecule has 0 bridgehead atoms. The van der Waals surface area contributed by atoms with Gasteiger partial charge in [0.2, 0.25) is 5.91 Å². The number of carbonyl (C=O) groups is 2. The van der Waals surface area contributed by atoms with Crippen molar-refractivity contribution in [2.45, 2.75) is 32.8 Å². The first-order chi connectivity index (χ1) is 11.3. The van der Waals surface area contributed by atoms with E-state index < -0.39 is 11.7 Å². The molecule has 6 nitrogen and oxygen atoms in total. The van der Waals surface area contributed by atoms with E-state index >= 15 is 0 Å². The number of aromatic nitrogens is 1. The van der Waals surface area contributed by atoms with Crippen molar-refractivity contribution in [2.24, 2.45) is 0 Å². The van der Waals surface area contributed by atoms with E-state index in [2.05, 4.69) is 10.3 Å². The maximum absolute atomic E-state index is 12.3. The van der Waals surface area contributed by atoms with Crippen LogP contribution >= 0.6 is 0 Å². The highest BCUT2D eigenvalue weighted by Gasteiger charge is 2.28. The molecule has 1 aliphatic rings. The second-order valence-electron chi connectivity index (χ2n) is 6.59. The molecule has 0 spiro atoms. The van der Waals surface area contributed by atoms with Gasteiger partial charge in [-0.15, -0.1) is 0 Å². The Hall–Kier alpha value is -2.89. The summed E-state index contributed by atoms with van der Waals surface area (Å²) >= 11 is 0. The predicted molar refractivity (Wildman–Crippen MR) is 91.4 cm³/mol. The molecule has 0 radical (unpaired) electrons. The Morgan fingerprint density at radius 3 is 2.83 bits per heavy atom. The lowest BCUT2D eigenvalue weighted by Gasteiger charge is -2.21. The lowest BCUT2D eigenvalue weighted by Crippen LogP contribution is -2.27. The van der Waals surface area contributed by atoms with Crippen LogP contribution in [0.4, 0.5) is 21.9 Å². The van der Waals surface area contributed by atoms with Gasteiger partial charge in [0, 0.05) is 23.6 Å². The van der Waals surface area contributed by atoms with Crippen LogP contribution in [0, 0.1) is 0 Å². The average Bonchev–Trinajstić information content (AvgIpc) is 2.81. The van der Waals surface area contributed by atoms with E-state index in [4.69, 9.17) is 4.74 Å². The highest BCUT2D eigenvalue weighted by molar-refractivity contribution is 6.07. The second-order valence-corrected chi connectivity index (χ2v) is 6.59. The summed E-state index contributed by atoms with van der Waals surface area (Å²) in [7, 11) is 0. The number of ether oxygens (including phenoxy) is 1. The van der Waals surface area contributed by atoms with Crippen LogP contribution < -0.4 is 10.2 Å². The van der Waals surface area contributed by atoms with Gasteiger partial charge in [-0.2, -0.15) is 0 Å². The highest BCUT2D eigenvalue weighted by atomic mass is 16.6. The number of pyridine rings is 1. The number of hydrogen-bond acceptors (Lipinski definition) is 4. The molecular formula is C18H19N3O3. The van der Waals surface area contributed by atoms with Gasteiger partial charge in [0.25, 0.3) is 0 Å². The van der Waals surface area contributed by atoms with Gasteiger partial charge in [0.05, 0.1) is 17.8 Å². The molecule has 1 aromatic carbocycles. The van der Waals surface area contributed by atoms with Crippen LogP contribution in [0.5, 0.6) is 0 Å². The van der Waals surface area contributed by atoms with Crippen molar-refractivity contribution in [2.75, 3.05) is 10.2 Å². The summed E-state index contributed by atoms with van der Waals surface area (Å²) in [5.74, 6) is -0.0209. The molecular weight excluding hydrogens is 306 g/mol. The van der Waals surface area contributed by atoms with Crippen molar-refractivity contribution >= 4 is 29.1 Å². The van der Waals surface area contributed by atoms with E-state index in [9.17, 15) is 9.59 Å². The fourth-order valence-corrected chi connectivity index (χ4v) is 2.58. The van der Waals surface area contributed by atoms with Gasteiger partial charge in [-0.3, -0.25) is 20.0 Å². The lowest BCUT2D eigenvalue weighted by molar-refractivity contribution is -0.116. The summed E-state index contributed by atoms with van der Waals surface area (Å²) in [6.07, 6.45) is 3.16. The minimum atomic E-state index is -0.571. The number of hydrogen-bond donors (Lipinski definition) is 1. The van der Waals surface area contributed by atoms with Gasteiger partial charge >= 0.3 is 6.09 Å². The summed E-state index contributed by atoms with van der Waals surface area (Å²) in [6.45, 7) is 5.41. The van der Waals surface area contributed by atoms with Crippen molar-refractivity contribution < 1.29 is 14.3 Å². The predicted octanol–water partition coefficient (Wildman–Crippen LogP) is 3.65. The molecule has 0 aliphatic carbocycles. The molecule has 0 atom stereocenters. The topological polar surface area (TPSA) is 71.5 Å². The van der Waals surface area contributed by atoms with Crippen LogP contribution in [0.1, 0.15) is 26.3 Å². The van der Waals surface area contributed by atoms with E-state index in [1.807, 2.05) is 12.1 Å². The fourth-order valence-electron chi connectivity index (χ4n) is 2.58. The number of fused-ring (bicyclic) bond motifs is 1. The van der Waals surface area contributed by atoms with Crippen molar-refractivity contribution in [3.63, 3.8) is 0 Å². The van der Waals surface area contributed by atoms with Gasteiger partial charge in [-0.25, -0.2) is 4.79 Å². The van der Waals surface area contributed by atoms with Gasteiger partial charge in [0.15, 0.2) is 0 Å². The van der Waals surface area contributed by atoms with Crippen molar-refractivity contribution in [3.05, 3.63) is 48.3 Å². The molecule has 6 heteroatoms. The quantitative estimate of drug-likeness (QED) is 0.915. The summed E-state index contributed by atoms with van der Waals surface area (Å²) in [5, 5.41) is 2.69. The van der Waals surface area contributed by atoms with Gasteiger partial charge in [0.1, 0.15) is 5.60 Å². The van der Waals surface area contributed by atoms with E-state index in [1.54, 1.807) is 56.3 Å². The molecule has 0 fully saturated rings. The van der Waals surface area contributed by atoms with Crippen LogP contribution in [-0.4, -0.2) is 22.6 Å². The van der Waals surface area contributed by atoms with Crippen molar-refractivity contribution in [3.8, 4) is 0 Å². The van der Waals surface area contributed by atoms with Crippen LogP contribution in [0.25, 0.3) is 0 Å². The Morgan fingerprint density at radius 2 is 2.08 bits per heavy atom. The molecule has 3 rings (SSSR count). The Bertz CT molecular complexity index is 796. The molecule has 124 valence electrons. The third kappa shape index (κ3) is 3.37. The minimum Gasteiger partial charge on any atom is -0.444 e. The zero-order valence-electron chi connectivity index (χ0n) is 13.9. The van der Waals surface area contributed by atoms with Crippen LogP contribution in [0.2, 0.25) is 0 Å². The second kappa shape index (κ2) is 5.96. The maximum Gasteiger partial charge on any atom is 0.412 e. The first-order valence-electron chi connectivity index (χ1n) is 7.69. The van der Waals surface area contributed by atoms with E-state index in [1.165, 1.54) is 0 Å². The van der Waals surface area contributed by atoms with E-state index in [0.29, 0.717) is 17.8 Å². The fraction of sp³-hybridized carbons (Fsp3) is 0.278. The molecule has 0 saturated heterocycles.